The number of rotatable bonds is 3. The predicted octanol–water partition coefficient (Wildman–Crippen LogP) is 2.55. The maximum absolute atomic E-state index is 12.1. The van der Waals surface area contributed by atoms with Crippen LogP contribution in [0.25, 0.3) is 0 Å². The average Bonchev–Trinajstić information content (AvgIpc) is 3.04. The monoisotopic (exact) mass is 332 g/mol. The van der Waals surface area contributed by atoms with Gasteiger partial charge in [0.2, 0.25) is 0 Å². The van der Waals surface area contributed by atoms with Crippen LogP contribution >= 0.6 is 0 Å². The van der Waals surface area contributed by atoms with Crippen molar-refractivity contribution in [2.24, 2.45) is 0 Å². The summed E-state index contributed by atoms with van der Waals surface area (Å²) in [6.45, 7) is 11.5. The first-order valence-electron chi connectivity index (χ1n) is 8.82. The largest absolute Gasteiger partial charge is 0.456 e. The molecular formula is C19H28N2O3. The molecule has 0 saturated carbocycles. The van der Waals surface area contributed by atoms with Gasteiger partial charge in [-0.2, -0.15) is 0 Å². The molecule has 132 valence electrons. The second-order valence-electron chi connectivity index (χ2n) is 7.59. The lowest BCUT2D eigenvalue weighted by Gasteiger charge is -2.32. The third kappa shape index (κ3) is 4.28. The van der Waals surface area contributed by atoms with Crippen molar-refractivity contribution >= 4 is 11.7 Å². The zero-order chi connectivity index (χ0) is 17.2. The molecule has 2 saturated heterocycles. The Bertz CT molecular complexity index is 559. The fourth-order valence-electron chi connectivity index (χ4n) is 3.36. The number of anilines is 1. The van der Waals surface area contributed by atoms with E-state index in [4.69, 9.17) is 9.47 Å². The van der Waals surface area contributed by atoms with Crippen LogP contribution in [0.3, 0.4) is 0 Å². The van der Waals surface area contributed by atoms with Gasteiger partial charge in [0, 0.05) is 37.9 Å². The van der Waals surface area contributed by atoms with E-state index in [2.05, 4.69) is 9.80 Å². The lowest BCUT2D eigenvalue weighted by Crippen LogP contribution is -2.44. The number of morpholine rings is 1. The van der Waals surface area contributed by atoms with Gasteiger partial charge in [-0.15, -0.1) is 0 Å². The second kappa shape index (κ2) is 7.11. The minimum atomic E-state index is -0.462. The van der Waals surface area contributed by atoms with Gasteiger partial charge in [0.15, 0.2) is 0 Å². The molecule has 0 spiro atoms. The maximum Gasteiger partial charge on any atom is 0.338 e. The highest BCUT2D eigenvalue weighted by Gasteiger charge is 2.29. The van der Waals surface area contributed by atoms with E-state index >= 15 is 0 Å². The quantitative estimate of drug-likeness (QED) is 0.796. The molecule has 2 heterocycles. The summed E-state index contributed by atoms with van der Waals surface area (Å²) in [6, 6.07) is 8.40. The maximum atomic E-state index is 12.1. The Balaban J connectivity index is 1.59. The summed E-state index contributed by atoms with van der Waals surface area (Å²) in [5, 5.41) is 0. The highest BCUT2D eigenvalue weighted by Crippen LogP contribution is 2.24. The molecule has 0 amide bonds. The molecule has 2 aliphatic rings. The molecule has 1 unspecified atom stereocenters. The summed E-state index contributed by atoms with van der Waals surface area (Å²) < 4.78 is 10.9. The zero-order valence-electron chi connectivity index (χ0n) is 15.0. The number of nitrogens with zero attached hydrogens (tertiary/aromatic N) is 2. The van der Waals surface area contributed by atoms with Crippen LogP contribution in [0.1, 0.15) is 37.6 Å². The van der Waals surface area contributed by atoms with E-state index in [9.17, 15) is 4.79 Å². The van der Waals surface area contributed by atoms with Gasteiger partial charge in [-0.1, -0.05) is 0 Å². The Labute approximate surface area is 144 Å². The van der Waals surface area contributed by atoms with Crippen LogP contribution in [0.15, 0.2) is 24.3 Å². The molecule has 3 rings (SSSR count). The molecular weight excluding hydrogens is 304 g/mol. The summed E-state index contributed by atoms with van der Waals surface area (Å²) in [4.78, 5) is 17.0. The number of carbonyl (C=O) groups excluding carboxylic acids is 1. The second-order valence-corrected chi connectivity index (χ2v) is 7.59. The number of carbonyl (C=O) groups is 1. The van der Waals surface area contributed by atoms with Crippen molar-refractivity contribution in [3.05, 3.63) is 29.8 Å². The molecule has 0 bridgehead atoms. The van der Waals surface area contributed by atoms with Crippen LogP contribution in [0.5, 0.6) is 0 Å². The van der Waals surface area contributed by atoms with Crippen molar-refractivity contribution in [2.45, 2.75) is 38.8 Å². The fraction of sp³-hybridized carbons (Fsp3) is 0.632. The third-order valence-corrected chi connectivity index (χ3v) is 4.59. The van der Waals surface area contributed by atoms with E-state index in [0.29, 0.717) is 11.6 Å². The molecule has 1 aromatic rings. The number of benzene rings is 1. The van der Waals surface area contributed by atoms with Crippen molar-refractivity contribution in [1.29, 1.82) is 0 Å². The molecule has 1 aromatic carbocycles. The van der Waals surface area contributed by atoms with E-state index in [1.807, 2.05) is 45.0 Å². The van der Waals surface area contributed by atoms with Crippen LogP contribution in [0, 0.1) is 0 Å². The lowest BCUT2D eigenvalue weighted by molar-refractivity contribution is 0.00695. The summed E-state index contributed by atoms with van der Waals surface area (Å²) in [5.41, 5.74) is 1.33. The Morgan fingerprint density at radius 2 is 1.79 bits per heavy atom. The van der Waals surface area contributed by atoms with Crippen LogP contribution < -0.4 is 4.90 Å². The van der Waals surface area contributed by atoms with Crippen molar-refractivity contribution in [1.82, 2.24) is 4.90 Å². The van der Waals surface area contributed by atoms with Gasteiger partial charge in [0.25, 0.3) is 0 Å². The van der Waals surface area contributed by atoms with E-state index < -0.39 is 5.60 Å². The highest BCUT2D eigenvalue weighted by molar-refractivity contribution is 5.90. The Hall–Kier alpha value is -1.59. The molecule has 0 radical (unpaired) electrons. The van der Waals surface area contributed by atoms with Crippen LogP contribution in [-0.2, 0) is 9.47 Å². The van der Waals surface area contributed by atoms with Crippen molar-refractivity contribution in [2.75, 3.05) is 44.3 Å². The first-order valence-corrected chi connectivity index (χ1v) is 8.82. The number of ether oxygens (including phenoxy) is 2. The molecule has 1 atom stereocenters. The Morgan fingerprint density at radius 1 is 1.12 bits per heavy atom. The van der Waals surface area contributed by atoms with Gasteiger partial charge >= 0.3 is 5.97 Å². The Kier molecular flexibility index (Phi) is 5.11. The molecule has 24 heavy (non-hydrogen) atoms. The van der Waals surface area contributed by atoms with Gasteiger partial charge in [0.05, 0.1) is 18.8 Å². The standard InChI is InChI=1S/C19H28N2O3/c1-19(2,3)24-18(22)15-4-6-16(7-5-15)21-9-8-17(14-21)20-10-12-23-13-11-20/h4-7,17H,8-14H2,1-3H3. The van der Waals surface area contributed by atoms with Gasteiger partial charge in [-0.3, -0.25) is 4.90 Å². The first kappa shape index (κ1) is 17.2. The fourth-order valence-corrected chi connectivity index (χ4v) is 3.36. The normalized spacial score (nSPS) is 22.6. The summed E-state index contributed by atoms with van der Waals surface area (Å²) in [5.74, 6) is -0.262. The van der Waals surface area contributed by atoms with E-state index in [0.717, 1.165) is 39.4 Å². The Morgan fingerprint density at radius 3 is 2.42 bits per heavy atom. The van der Waals surface area contributed by atoms with Crippen LogP contribution in [0.2, 0.25) is 0 Å². The topological polar surface area (TPSA) is 42.0 Å². The van der Waals surface area contributed by atoms with Gasteiger partial charge in [0.1, 0.15) is 5.60 Å². The van der Waals surface area contributed by atoms with E-state index in [1.54, 1.807) is 0 Å². The number of hydrogen-bond acceptors (Lipinski definition) is 5. The SMILES string of the molecule is CC(C)(C)OC(=O)c1ccc(N2CCC(N3CCOCC3)C2)cc1. The molecule has 0 N–H and O–H groups in total. The smallest absolute Gasteiger partial charge is 0.338 e. The minimum absolute atomic E-state index is 0.262. The van der Waals surface area contributed by atoms with Gasteiger partial charge in [-0.25, -0.2) is 4.79 Å². The minimum Gasteiger partial charge on any atom is -0.456 e. The third-order valence-electron chi connectivity index (χ3n) is 4.59. The summed E-state index contributed by atoms with van der Waals surface area (Å²) in [7, 11) is 0. The van der Waals surface area contributed by atoms with E-state index in [1.165, 1.54) is 12.1 Å². The van der Waals surface area contributed by atoms with E-state index in [-0.39, 0.29) is 5.97 Å². The molecule has 2 aliphatic heterocycles. The molecule has 0 aromatic heterocycles. The molecule has 5 nitrogen and oxygen atoms in total. The summed E-state index contributed by atoms with van der Waals surface area (Å²) >= 11 is 0. The van der Waals surface area contributed by atoms with Crippen molar-refractivity contribution < 1.29 is 14.3 Å². The van der Waals surface area contributed by atoms with Crippen molar-refractivity contribution in [3.8, 4) is 0 Å². The van der Waals surface area contributed by atoms with Crippen LogP contribution in [0.4, 0.5) is 5.69 Å². The molecule has 5 heteroatoms. The highest BCUT2D eigenvalue weighted by atomic mass is 16.6. The van der Waals surface area contributed by atoms with Gasteiger partial charge < -0.3 is 14.4 Å². The van der Waals surface area contributed by atoms with Crippen LogP contribution in [-0.4, -0.2) is 61.9 Å². The predicted molar refractivity (Wildman–Crippen MR) is 94.6 cm³/mol. The van der Waals surface area contributed by atoms with Crippen molar-refractivity contribution in [3.63, 3.8) is 0 Å². The molecule has 2 fully saturated rings. The summed E-state index contributed by atoms with van der Waals surface area (Å²) in [6.07, 6.45) is 1.19. The zero-order valence-corrected chi connectivity index (χ0v) is 15.0. The number of esters is 1. The lowest BCUT2D eigenvalue weighted by atomic mass is 10.1. The first-order chi connectivity index (χ1) is 11.4. The number of hydrogen-bond donors (Lipinski definition) is 0. The average molecular weight is 332 g/mol. The molecule has 0 aliphatic carbocycles. The van der Waals surface area contributed by atoms with Gasteiger partial charge in [-0.05, 0) is 51.5 Å².